The van der Waals surface area contributed by atoms with Gasteiger partial charge in [0, 0.05) is 0 Å². The number of fused-ring (bicyclic) bond motifs is 1. The van der Waals surface area contributed by atoms with Crippen molar-refractivity contribution in [3.63, 3.8) is 0 Å². The minimum atomic E-state index is 0.0349. The van der Waals surface area contributed by atoms with Crippen LogP contribution >= 0.6 is 11.6 Å². The maximum atomic E-state index is 12.2. The summed E-state index contributed by atoms with van der Waals surface area (Å²) >= 11 is 5.99. The van der Waals surface area contributed by atoms with Gasteiger partial charge >= 0.3 is 116 Å². The van der Waals surface area contributed by atoms with Gasteiger partial charge in [0.2, 0.25) is 0 Å². The zero-order valence-corrected chi connectivity index (χ0v) is 11.9. The SMILES string of the molecule is O=c1c2ccc(Cl)cc2[se]n1Cc1ccccc1. The van der Waals surface area contributed by atoms with Crippen molar-refractivity contribution in [3.8, 4) is 0 Å². The van der Waals surface area contributed by atoms with Crippen LogP contribution in [0.4, 0.5) is 0 Å². The molecule has 0 atom stereocenters. The van der Waals surface area contributed by atoms with Crippen LogP contribution in [0.25, 0.3) is 9.65 Å². The average molecular weight is 323 g/mol. The standard InChI is InChI=1S/C14H10ClNOSe/c15-11-6-7-12-13(8-11)18-16(14(12)17)9-10-4-2-1-3-5-10/h1-8H,9H2. The first-order chi connectivity index (χ1) is 8.74. The summed E-state index contributed by atoms with van der Waals surface area (Å²) in [4.78, 5) is 12.2. The van der Waals surface area contributed by atoms with Crippen LogP contribution in [0.2, 0.25) is 5.02 Å². The third-order valence-corrected chi connectivity index (χ3v) is 5.22. The molecule has 4 heteroatoms. The van der Waals surface area contributed by atoms with E-state index in [2.05, 4.69) is 0 Å². The van der Waals surface area contributed by atoms with E-state index in [0.29, 0.717) is 11.6 Å². The van der Waals surface area contributed by atoms with Crippen LogP contribution in [0.1, 0.15) is 5.56 Å². The van der Waals surface area contributed by atoms with Gasteiger partial charge in [0.05, 0.1) is 0 Å². The molecule has 0 saturated carbocycles. The summed E-state index contributed by atoms with van der Waals surface area (Å²) in [6, 6.07) is 15.6. The van der Waals surface area contributed by atoms with Crippen LogP contribution in [0.15, 0.2) is 53.3 Å². The molecule has 1 aromatic heterocycles. The zero-order valence-electron chi connectivity index (χ0n) is 9.47. The van der Waals surface area contributed by atoms with E-state index in [0.717, 1.165) is 15.2 Å². The molecule has 0 aliphatic rings. The molecular formula is C14H10ClNOSe. The Balaban J connectivity index is 2.08. The second kappa shape index (κ2) is 4.77. The van der Waals surface area contributed by atoms with E-state index >= 15 is 0 Å². The van der Waals surface area contributed by atoms with Crippen LogP contribution in [-0.4, -0.2) is 18.3 Å². The number of hydrogen-bond donors (Lipinski definition) is 0. The first-order valence-electron chi connectivity index (χ1n) is 5.57. The number of halogens is 1. The molecule has 2 nitrogen and oxygen atoms in total. The van der Waals surface area contributed by atoms with Crippen molar-refractivity contribution in [2.24, 2.45) is 0 Å². The summed E-state index contributed by atoms with van der Waals surface area (Å²) in [6.45, 7) is 0.673. The number of nitrogens with zero attached hydrogens (tertiary/aromatic N) is 1. The Morgan fingerprint density at radius 2 is 1.89 bits per heavy atom. The summed E-state index contributed by atoms with van der Waals surface area (Å²) in [7, 11) is 0. The molecule has 3 aromatic rings. The van der Waals surface area contributed by atoms with Gasteiger partial charge in [-0.3, -0.25) is 0 Å². The van der Waals surface area contributed by atoms with Crippen molar-refractivity contribution >= 4 is 36.0 Å². The van der Waals surface area contributed by atoms with Crippen molar-refractivity contribution in [1.29, 1.82) is 0 Å². The van der Waals surface area contributed by atoms with E-state index in [1.807, 2.05) is 46.0 Å². The molecule has 3 rings (SSSR count). The molecule has 0 fully saturated rings. The molecule has 0 aliphatic carbocycles. The molecule has 18 heavy (non-hydrogen) atoms. The van der Waals surface area contributed by atoms with E-state index in [4.69, 9.17) is 11.6 Å². The summed E-state index contributed by atoms with van der Waals surface area (Å²) in [5.41, 5.74) is 1.28. The van der Waals surface area contributed by atoms with Crippen LogP contribution in [0, 0.1) is 0 Å². The van der Waals surface area contributed by atoms with Gasteiger partial charge < -0.3 is 0 Å². The molecule has 0 aliphatic heterocycles. The molecule has 0 amide bonds. The normalized spacial score (nSPS) is 10.9. The van der Waals surface area contributed by atoms with E-state index in [1.54, 1.807) is 6.07 Å². The minimum absolute atomic E-state index is 0.0349. The van der Waals surface area contributed by atoms with Crippen LogP contribution in [-0.2, 0) is 6.54 Å². The van der Waals surface area contributed by atoms with Crippen LogP contribution in [0.3, 0.4) is 0 Å². The Hall–Kier alpha value is -1.28. The van der Waals surface area contributed by atoms with Crippen LogP contribution in [0.5, 0.6) is 0 Å². The summed E-state index contributed by atoms with van der Waals surface area (Å²) in [6.07, 6.45) is 0. The molecule has 0 bridgehead atoms. The second-order valence-electron chi connectivity index (χ2n) is 4.06. The van der Waals surface area contributed by atoms with E-state index < -0.39 is 0 Å². The van der Waals surface area contributed by atoms with Gasteiger partial charge in [0.1, 0.15) is 0 Å². The molecule has 2 aromatic carbocycles. The van der Waals surface area contributed by atoms with E-state index in [-0.39, 0.29) is 20.3 Å². The molecule has 0 radical (unpaired) electrons. The van der Waals surface area contributed by atoms with Gasteiger partial charge in [0.15, 0.2) is 0 Å². The van der Waals surface area contributed by atoms with Gasteiger partial charge in [-0.1, -0.05) is 0 Å². The Morgan fingerprint density at radius 3 is 2.67 bits per heavy atom. The number of aromatic nitrogens is 1. The number of benzene rings is 2. The summed E-state index contributed by atoms with van der Waals surface area (Å²) < 4.78 is 2.99. The summed E-state index contributed by atoms with van der Waals surface area (Å²) in [5, 5.41) is 1.50. The molecule has 1 heterocycles. The fraction of sp³-hybridized carbons (Fsp3) is 0.0714. The van der Waals surface area contributed by atoms with Gasteiger partial charge in [-0.2, -0.15) is 0 Å². The number of rotatable bonds is 2. The quantitative estimate of drug-likeness (QED) is 0.665. The van der Waals surface area contributed by atoms with E-state index in [1.165, 1.54) is 0 Å². The fourth-order valence-electron chi connectivity index (χ4n) is 1.90. The Bertz CT molecular complexity index is 745. The maximum absolute atomic E-state index is 12.2. The van der Waals surface area contributed by atoms with E-state index in [9.17, 15) is 4.79 Å². The summed E-state index contributed by atoms with van der Waals surface area (Å²) in [5.74, 6) is 0. The van der Waals surface area contributed by atoms with Crippen molar-refractivity contribution in [2.75, 3.05) is 0 Å². The average Bonchev–Trinajstić information content (AvgIpc) is 2.67. The van der Waals surface area contributed by atoms with Crippen molar-refractivity contribution in [3.05, 3.63) is 69.5 Å². The van der Waals surface area contributed by atoms with Gasteiger partial charge in [-0.25, -0.2) is 0 Å². The first-order valence-corrected chi connectivity index (χ1v) is 7.57. The molecule has 0 unspecified atom stereocenters. The van der Waals surface area contributed by atoms with Crippen LogP contribution < -0.4 is 5.56 Å². The third kappa shape index (κ3) is 2.17. The van der Waals surface area contributed by atoms with Gasteiger partial charge in [0.25, 0.3) is 0 Å². The topological polar surface area (TPSA) is 22.0 Å². The zero-order chi connectivity index (χ0) is 12.5. The monoisotopic (exact) mass is 323 g/mol. The Kier molecular flexibility index (Phi) is 3.12. The van der Waals surface area contributed by atoms with Gasteiger partial charge in [-0.05, 0) is 0 Å². The molecular weight excluding hydrogens is 313 g/mol. The van der Waals surface area contributed by atoms with Crippen molar-refractivity contribution in [2.45, 2.75) is 6.54 Å². The Morgan fingerprint density at radius 1 is 1.11 bits per heavy atom. The second-order valence-corrected chi connectivity index (χ2v) is 6.73. The molecule has 0 N–H and O–H groups in total. The fourth-order valence-corrected chi connectivity index (χ4v) is 4.45. The molecule has 0 saturated heterocycles. The van der Waals surface area contributed by atoms with Crippen molar-refractivity contribution < 1.29 is 0 Å². The van der Waals surface area contributed by atoms with Crippen molar-refractivity contribution in [1.82, 2.24) is 3.56 Å². The Labute approximate surface area is 115 Å². The predicted molar refractivity (Wildman–Crippen MR) is 75.7 cm³/mol. The predicted octanol–water partition coefficient (Wildman–Crippen LogP) is 2.76. The number of hydrogen-bond acceptors (Lipinski definition) is 1. The molecule has 0 spiro atoms. The third-order valence-electron chi connectivity index (χ3n) is 2.78. The first kappa shape index (κ1) is 11.8. The van der Waals surface area contributed by atoms with Gasteiger partial charge in [-0.15, -0.1) is 0 Å². The molecule has 90 valence electrons.